The summed E-state index contributed by atoms with van der Waals surface area (Å²) in [5, 5.41) is 7.76. The van der Waals surface area contributed by atoms with Crippen LogP contribution in [0.1, 0.15) is 44.0 Å². The maximum Gasteiger partial charge on any atom is 0.254 e. The van der Waals surface area contributed by atoms with Crippen LogP contribution in [0.15, 0.2) is 21.5 Å². The van der Waals surface area contributed by atoms with Crippen molar-refractivity contribution in [3.05, 3.63) is 28.0 Å². The van der Waals surface area contributed by atoms with Crippen molar-refractivity contribution in [1.29, 1.82) is 0 Å². The van der Waals surface area contributed by atoms with Gasteiger partial charge in [-0.05, 0) is 47.8 Å². The Morgan fingerprint density at radius 1 is 1.38 bits per heavy atom. The average molecular weight is 381 g/mol. The van der Waals surface area contributed by atoms with E-state index < -0.39 is 27.3 Å². The van der Waals surface area contributed by atoms with Gasteiger partial charge < -0.3 is 5.32 Å². The molecule has 8 heteroatoms. The van der Waals surface area contributed by atoms with Gasteiger partial charge in [-0.1, -0.05) is 13.8 Å². The quantitative estimate of drug-likeness (QED) is 0.822. The van der Waals surface area contributed by atoms with E-state index in [-0.39, 0.29) is 14.9 Å². The first-order valence-electron chi connectivity index (χ1n) is 6.38. The van der Waals surface area contributed by atoms with E-state index >= 15 is 0 Å². The second kappa shape index (κ2) is 6.41. The zero-order valence-electron chi connectivity index (χ0n) is 12.0. The molecule has 0 heterocycles. The largest absolute Gasteiger partial charge is 0.347 e. The number of carbonyl (C=O) groups is 1. The highest BCUT2D eigenvalue weighted by molar-refractivity contribution is 9.10. The zero-order valence-corrected chi connectivity index (χ0v) is 14.4. The molecule has 0 radical (unpaired) electrons. The van der Waals surface area contributed by atoms with Gasteiger partial charge in [0.1, 0.15) is 5.82 Å². The fourth-order valence-electron chi connectivity index (χ4n) is 1.69. The van der Waals surface area contributed by atoms with Gasteiger partial charge in [0.15, 0.2) is 0 Å². The molecule has 0 aliphatic carbocycles. The Morgan fingerprint density at radius 2 is 1.90 bits per heavy atom. The third-order valence-corrected chi connectivity index (χ3v) is 5.42. The van der Waals surface area contributed by atoms with Gasteiger partial charge in [0.05, 0.1) is 10.5 Å². The van der Waals surface area contributed by atoms with Gasteiger partial charge in [-0.2, -0.15) is 0 Å². The minimum atomic E-state index is -4.05. The van der Waals surface area contributed by atoms with Gasteiger partial charge >= 0.3 is 0 Å². The van der Waals surface area contributed by atoms with Crippen molar-refractivity contribution >= 4 is 31.9 Å². The van der Waals surface area contributed by atoms with E-state index in [4.69, 9.17) is 5.14 Å². The summed E-state index contributed by atoms with van der Waals surface area (Å²) in [6, 6.07) is 1.86. The number of hydrogen-bond donors (Lipinski definition) is 2. The maximum absolute atomic E-state index is 13.9. The Kier molecular flexibility index (Phi) is 5.51. The van der Waals surface area contributed by atoms with Crippen molar-refractivity contribution in [3.63, 3.8) is 0 Å². The summed E-state index contributed by atoms with van der Waals surface area (Å²) < 4.78 is 36.8. The lowest BCUT2D eigenvalue weighted by Crippen LogP contribution is -2.45. The predicted molar refractivity (Wildman–Crippen MR) is 81.9 cm³/mol. The number of hydrogen-bond acceptors (Lipinski definition) is 3. The van der Waals surface area contributed by atoms with Crippen LogP contribution in [-0.4, -0.2) is 19.9 Å². The van der Waals surface area contributed by atoms with Crippen molar-refractivity contribution in [2.45, 2.75) is 44.0 Å². The lowest BCUT2D eigenvalue weighted by atomic mass is 9.95. The first-order valence-corrected chi connectivity index (χ1v) is 8.72. The number of rotatable bonds is 5. The SMILES string of the molecule is CCC(C)(CC)NC(=O)c1cc(S(N)(=O)=O)c(Br)cc1F. The number of halogens is 2. The Morgan fingerprint density at radius 3 is 2.33 bits per heavy atom. The monoisotopic (exact) mass is 380 g/mol. The molecule has 5 nitrogen and oxygen atoms in total. The van der Waals surface area contributed by atoms with Gasteiger partial charge in [-0.3, -0.25) is 4.79 Å². The Bertz CT molecular complexity index is 658. The zero-order chi connectivity index (χ0) is 16.4. The molecular formula is C13H18BrFN2O3S. The van der Waals surface area contributed by atoms with Crippen LogP contribution in [-0.2, 0) is 10.0 Å². The molecule has 0 saturated heterocycles. The number of sulfonamides is 1. The van der Waals surface area contributed by atoms with Crippen LogP contribution in [0.25, 0.3) is 0 Å². The van der Waals surface area contributed by atoms with Crippen molar-refractivity contribution in [3.8, 4) is 0 Å². The molecule has 118 valence electrons. The molecule has 0 unspecified atom stereocenters. The molecule has 3 N–H and O–H groups in total. The summed E-state index contributed by atoms with van der Waals surface area (Å²) in [6.07, 6.45) is 1.32. The molecule has 1 aromatic rings. The highest BCUT2D eigenvalue weighted by atomic mass is 79.9. The standard InChI is InChI=1S/C13H18BrFN2O3S/c1-4-13(3,5-2)17-12(18)8-6-11(21(16,19)20)9(14)7-10(8)15/h6-7H,4-5H2,1-3H3,(H,17,18)(H2,16,19,20). The summed E-state index contributed by atoms with van der Waals surface area (Å²) in [4.78, 5) is 11.9. The van der Waals surface area contributed by atoms with Crippen LogP contribution in [0.5, 0.6) is 0 Å². The van der Waals surface area contributed by atoms with Gasteiger partial charge in [-0.25, -0.2) is 17.9 Å². The normalized spacial score (nSPS) is 12.3. The highest BCUT2D eigenvalue weighted by Gasteiger charge is 2.26. The Labute approximate surface area is 132 Å². The molecule has 0 aliphatic rings. The Hall–Kier alpha value is -0.990. The fraction of sp³-hybridized carbons (Fsp3) is 0.462. The van der Waals surface area contributed by atoms with Crippen LogP contribution in [0.2, 0.25) is 0 Å². The molecule has 1 amide bonds. The van der Waals surface area contributed by atoms with Crippen LogP contribution in [0.3, 0.4) is 0 Å². The van der Waals surface area contributed by atoms with Crippen LogP contribution in [0.4, 0.5) is 4.39 Å². The van der Waals surface area contributed by atoms with E-state index in [0.29, 0.717) is 12.8 Å². The smallest absolute Gasteiger partial charge is 0.254 e. The van der Waals surface area contributed by atoms with Crippen molar-refractivity contribution < 1.29 is 17.6 Å². The van der Waals surface area contributed by atoms with Gasteiger partial charge in [-0.15, -0.1) is 0 Å². The van der Waals surface area contributed by atoms with E-state index in [1.54, 1.807) is 0 Å². The topological polar surface area (TPSA) is 89.3 Å². The van der Waals surface area contributed by atoms with Crippen molar-refractivity contribution in [2.75, 3.05) is 0 Å². The summed E-state index contributed by atoms with van der Waals surface area (Å²) >= 11 is 2.92. The third kappa shape index (κ3) is 4.24. The summed E-state index contributed by atoms with van der Waals surface area (Å²) in [6.45, 7) is 5.64. The molecule has 0 atom stereocenters. The maximum atomic E-state index is 13.9. The molecule has 0 aromatic heterocycles. The number of carbonyl (C=O) groups excluding carboxylic acids is 1. The first kappa shape index (κ1) is 18.1. The van der Waals surface area contributed by atoms with Crippen molar-refractivity contribution in [1.82, 2.24) is 5.32 Å². The lowest BCUT2D eigenvalue weighted by molar-refractivity contribution is 0.0896. The Balaban J connectivity index is 3.28. The van der Waals surface area contributed by atoms with Gasteiger partial charge in [0.25, 0.3) is 5.91 Å². The van der Waals surface area contributed by atoms with Gasteiger partial charge in [0.2, 0.25) is 10.0 Å². The second-order valence-electron chi connectivity index (χ2n) is 5.03. The molecule has 1 rings (SSSR count). The number of nitrogens with one attached hydrogen (secondary N) is 1. The van der Waals surface area contributed by atoms with E-state index in [0.717, 1.165) is 12.1 Å². The fourth-order valence-corrected chi connectivity index (χ4v) is 3.29. The number of nitrogens with two attached hydrogens (primary N) is 1. The minimum absolute atomic E-state index is 0.0206. The summed E-state index contributed by atoms with van der Waals surface area (Å²) in [5.74, 6) is -1.49. The molecule has 0 fully saturated rings. The average Bonchev–Trinajstić information content (AvgIpc) is 2.36. The van der Waals surface area contributed by atoms with Crippen molar-refractivity contribution in [2.24, 2.45) is 5.14 Å². The van der Waals surface area contributed by atoms with Gasteiger partial charge in [0, 0.05) is 10.0 Å². The molecule has 0 saturated carbocycles. The number of amides is 1. The summed E-state index contributed by atoms with van der Waals surface area (Å²) in [5.41, 5.74) is -0.839. The van der Waals surface area contributed by atoms with Crippen LogP contribution < -0.4 is 10.5 Å². The molecule has 21 heavy (non-hydrogen) atoms. The van der Waals surface area contributed by atoms with E-state index in [9.17, 15) is 17.6 Å². The van der Waals surface area contributed by atoms with E-state index in [1.807, 2.05) is 20.8 Å². The van der Waals surface area contributed by atoms with Crippen LogP contribution in [0, 0.1) is 5.82 Å². The second-order valence-corrected chi connectivity index (χ2v) is 7.41. The molecule has 0 aliphatic heterocycles. The molecule has 1 aromatic carbocycles. The van der Waals surface area contributed by atoms with Crippen LogP contribution >= 0.6 is 15.9 Å². The lowest BCUT2D eigenvalue weighted by Gasteiger charge is -2.28. The minimum Gasteiger partial charge on any atom is -0.347 e. The van der Waals surface area contributed by atoms with E-state index in [2.05, 4.69) is 21.2 Å². The molecular weight excluding hydrogens is 363 g/mol. The number of primary sulfonamides is 1. The molecule has 0 spiro atoms. The first-order chi connectivity index (χ1) is 9.54. The molecule has 0 bridgehead atoms. The highest BCUT2D eigenvalue weighted by Crippen LogP contribution is 2.25. The van der Waals surface area contributed by atoms with E-state index in [1.165, 1.54) is 0 Å². The summed E-state index contributed by atoms with van der Waals surface area (Å²) in [7, 11) is -4.05. The third-order valence-electron chi connectivity index (χ3n) is 3.55. The number of benzene rings is 1. The predicted octanol–water partition coefficient (Wildman–Crippen LogP) is 2.54.